The standard InChI is InChI=1S/C10H17N/c1-5-7-9(3)10(4)11-8-6-2/h5-9,11H,4H2,1-3H3/b7-5-,8-6-. The third kappa shape index (κ3) is 4.43. The first kappa shape index (κ1) is 10.0. The maximum absolute atomic E-state index is 3.90. The van der Waals surface area contributed by atoms with Crippen LogP contribution in [0, 0.1) is 5.92 Å². The van der Waals surface area contributed by atoms with Gasteiger partial charge in [0.15, 0.2) is 0 Å². The molecule has 0 aromatic carbocycles. The Morgan fingerprint density at radius 2 is 2.00 bits per heavy atom. The van der Waals surface area contributed by atoms with E-state index in [0.29, 0.717) is 5.92 Å². The molecule has 0 aromatic heterocycles. The molecule has 0 amide bonds. The first-order valence-electron chi connectivity index (χ1n) is 3.91. The maximum Gasteiger partial charge on any atom is 0.0140 e. The molecule has 11 heavy (non-hydrogen) atoms. The van der Waals surface area contributed by atoms with Crippen molar-refractivity contribution in [2.24, 2.45) is 5.92 Å². The van der Waals surface area contributed by atoms with Gasteiger partial charge in [0.2, 0.25) is 0 Å². The van der Waals surface area contributed by atoms with Gasteiger partial charge in [-0.1, -0.05) is 31.7 Å². The van der Waals surface area contributed by atoms with Crippen LogP contribution in [-0.2, 0) is 0 Å². The van der Waals surface area contributed by atoms with Crippen molar-refractivity contribution in [1.29, 1.82) is 0 Å². The van der Waals surface area contributed by atoms with Crippen LogP contribution in [-0.4, -0.2) is 0 Å². The van der Waals surface area contributed by atoms with Gasteiger partial charge in [-0.05, 0) is 20.0 Å². The Labute approximate surface area is 69.5 Å². The van der Waals surface area contributed by atoms with Crippen molar-refractivity contribution >= 4 is 0 Å². The Balaban J connectivity index is 3.82. The minimum Gasteiger partial charge on any atom is -0.365 e. The average Bonchev–Trinajstić information content (AvgIpc) is 2.00. The van der Waals surface area contributed by atoms with E-state index in [0.717, 1.165) is 5.70 Å². The summed E-state index contributed by atoms with van der Waals surface area (Å²) < 4.78 is 0. The molecule has 0 bridgehead atoms. The summed E-state index contributed by atoms with van der Waals surface area (Å²) in [5.41, 5.74) is 1.03. The molecule has 0 heterocycles. The van der Waals surface area contributed by atoms with Crippen molar-refractivity contribution in [2.45, 2.75) is 20.8 Å². The van der Waals surface area contributed by atoms with E-state index in [2.05, 4.69) is 24.9 Å². The zero-order chi connectivity index (χ0) is 8.69. The van der Waals surface area contributed by atoms with E-state index in [-0.39, 0.29) is 0 Å². The molecule has 0 rings (SSSR count). The summed E-state index contributed by atoms with van der Waals surface area (Å²) in [7, 11) is 0. The number of hydrogen-bond donors (Lipinski definition) is 1. The van der Waals surface area contributed by atoms with Crippen LogP contribution in [0.25, 0.3) is 0 Å². The lowest BCUT2D eigenvalue weighted by molar-refractivity contribution is 0.791. The smallest absolute Gasteiger partial charge is 0.0140 e. The second-order valence-electron chi connectivity index (χ2n) is 2.48. The molecule has 1 nitrogen and oxygen atoms in total. The highest BCUT2D eigenvalue weighted by Gasteiger charge is 1.97. The fourth-order valence-electron chi connectivity index (χ4n) is 0.727. The number of nitrogens with one attached hydrogen (secondary N) is 1. The highest BCUT2D eigenvalue weighted by Crippen LogP contribution is 2.05. The van der Waals surface area contributed by atoms with Crippen molar-refractivity contribution < 1.29 is 0 Å². The molecular formula is C10H17N. The molecule has 1 heteroatoms. The minimum absolute atomic E-state index is 0.399. The molecule has 1 N–H and O–H groups in total. The second-order valence-corrected chi connectivity index (χ2v) is 2.48. The fourth-order valence-corrected chi connectivity index (χ4v) is 0.727. The van der Waals surface area contributed by atoms with Gasteiger partial charge in [0.1, 0.15) is 0 Å². The molecule has 0 saturated carbocycles. The fraction of sp³-hybridized carbons (Fsp3) is 0.400. The average molecular weight is 151 g/mol. The van der Waals surface area contributed by atoms with Crippen LogP contribution in [0.2, 0.25) is 0 Å². The molecule has 1 atom stereocenters. The number of rotatable bonds is 4. The van der Waals surface area contributed by atoms with Crippen LogP contribution in [0.5, 0.6) is 0 Å². The zero-order valence-electron chi connectivity index (χ0n) is 7.59. The molecular weight excluding hydrogens is 134 g/mol. The summed E-state index contributed by atoms with van der Waals surface area (Å²) in [4.78, 5) is 0. The molecule has 0 fully saturated rings. The Hall–Kier alpha value is -0.980. The van der Waals surface area contributed by atoms with Crippen LogP contribution in [0.15, 0.2) is 36.7 Å². The second kappa shape index (κ2) is 5.78. The van der Waals surface area contributed by atoms with E-state index < -0.39 is 0 Å². The van der Waals surface area contributed by atoms with E-state index in [4.69, 9.17) is 0 Å². The molecule has 0 aliphatic heterocycles. The molecule has 0 aliphatic carbocycles. The molecule has 0 spiro atoms. The molecule has 0 aliphatic rings. The summed E-state index contributed by atoms with van der Waals surface area (Å²) in [6.45, 7) is 9.99. The van der Waals surface area contributed by atoms with Gasteiger partial charge in [-0.25, -0.2) is 0 Å². The van der Waals surface area contributed by atoms with E-state index in [1.807, 2.05) is 32.2 Å². The number of hydrogen-bond acceptors (Lipinski definition) is 1. The molecule has 1 unspecified atom stereocenters. The van der Waals surface area contributed by atoms with Gasteiger partial charge in [-0.2, -0.15) is 0 Å². The van der Waals surface area contributed by atoms with E-state index in [9.17, 15) is 0 Å². The Kier molecular flexibility index (Phi) is 5.26. The first-order valence-corrected chi connectivity index (χ1v) is 3.91. The van der Waals surface area contributed by atoms with Crippen molar-refractivity contribution in [2.75, 3.05) is 0 Å². The van der Waals surface area contributed by atoms with Crippen molar-refractivity contribution in [3.05, 3.63) is 36.7 Å². The topological polar surface area (TPSA) is 12.0 Å². The lowest BCUT2D eigenvalue weighted by atomic mass is 10.1. The summed E-state index contributed by atoms with van der Waals surface area (Å²) in [5.74, 6) is 0.399. The van der Waals surface area contributed by atoms with Crippen LogP contribution < -0.4 is 5.32 Å². The quantitative estimate of drug-likeness (QED) is 0.609. The van der Waals surface area contributed by atoms with Gasteiger partial charge in [-0.3, -0.25) is 0 Å². The Bertz CT molecular complexity index is 166. The summed E-state index contributed by atoms with van der Waals surface area (Å²) in [6, 6.07) is 0. The third-order valence-electron chi connectivity index (χ3n) is 1.47. The monoisotopic (exact) mass is 151 g/mol. The van der Waals surface area contributed by atoms with E-state index >= 15 is 0 Å². The maximum atomic E-state index is 3.90. The van der Waals surface area contributed by atoms with Crippen LogP contribution in [0.3, 0.4) is 0 Å². The van der Waals surface area contributed by atoms with Gasteiger partial charge in [0.25, 0.3) is 0 Å². The first-order chi connectivity index (χ1) is 5.22. The lowest BCUT2D eigenvalue weighted by Crippen LogP contribution is -2.09. The highest BCUT2D eigenvalue weighted by molar-refractivity contribution is 5.07. The SMILES string of the molecule is C=C(N/C=C\C)C(C)/C=C\C. The van der Waals surface area contributed by atoms with Gasteiger partial charge >= 0.3 is 0 Å². The van der Waals surface area contributed by atoms with Gasteiger partial charge in [-0.15, -0.1) is 0 Å². The Morgan fingerprint density at radius 3 is 2.45 bits per heavy atom. The molecule has 0 radical (unpaired) electrons. The molecule has 0 saturated heterocycles. The minimum atomic E-state index is 0.399. The zero-order valence-corrected chi connectivity index (χ0v) is 7.59. The normalized spacial score (nSPS) is 14.1. The van der Waals surface area contributed by atoms with Gasteiger partial charge < -0.3 is 5.32 Å². The molecule has 62 valence electrons. The van der Waals surface area contributed by atoms with Crippen LogP contribution in [0.1, 0.15) is 20.8 Å². The van der Waals surface area contributed by atoms with Gasteiger partial charge in [0, 0.05) is 11.6 Å². The van der Waals surface area contributed by atoms with Crippen LogP contribution >= 0.6 is 0 Å². The third-order valence-corrected chi connectivity index (χ3v) is 1.47. The predicted octanol–water partition coefficient (Wildman–Crippen LogP) is 2.84. The summed E-state index contributed by atoms with van der Waals surface area (Å²) in [6.07, 6.45) is 7.99. The van der Waals surface area contributed by atoms with E-state index in [1.165, 1.54) is 0 Å². The van der Waals surface area contributed by atoms with Gasteiger partial charge in [0.05, 0.1) is 0 Å². The van der Waals surface area contributed by atoms with E-state index in [1.54, 1.807) is 0 Å². The van der Waals surface area contributed by atoms with Crippen molar-refractivity contribution in [1.82, 2.24) is 5.32 Å². The lowest BCUT2D eigenvalue weighted by Gasteiger charge is -2.09. The van der Waals surface area contributed by atoms with Crippen molar-refractivity contribution in [3.8, 4) is 0 Å². The number of allylic oxidation sites excluding steroid dienone is 3. The highest BCUT2D eigenvalue weighted by atomic mass is 14.8. The largest absolute Gasteiger partial charge is 0.365 e. The summed E-state index contributed by atoms with van der Waals surface area (Å²) in [5, 5.41) is 3.09. The van der Waals surface area contributed by atoms with Crippen molar-refractivity contribution in [3.63, 3.8) is 0 Å². The molecule has 0 aromatic rings. The summed E-state index contributed by atoms with van der Waals surface area (Å²) >= 11 is 0. The van der Waals surface area contributed by atoms with Crippen LogP contribution in [0.4, 0.5) is 0 Å². The predicted molar refractivity (Wildman–Crippen MR) is 51.1 cm³/mol. The Morgan fingerprint density at radius 1 is 1.36 bits per heavy atom.